The molecule has 4 rings (SSSR count). The minimum absolute atomic E-state index is 0.0000768. The van der Waals surface area contributed by atoms with Crippen LogP contribution in [0.3, 0.4) is 0 Å². The minimum atomic E-state index is -0.581. The van der Waals surface area contributed by atoms with Crippen molar-refractivity contribution in [3.63, 3.8) is 0 Å². The van der Waals surface area contributed by atoms with Crippen molar-refractivity contribution in [3.05, 3.63) is 101 Å². The predicted octanol–water partition coefficient (Wildman–Crippen LogP) is 5.52. The third kappa shape index (κ3) is 4.45. The van der Waals surface area contributed by atoms with Gasteiger partial charge in [0.15, 0.2) is 0 Å². The van der Waals surface area contributed by atoms with Crippen molar-refractivity contribution in [2.75, 3.05) is 22.2 Å². The molecule has 7 heteroatoms. The summed E-state index contributed by atoms with van der Waals surface area (Å²) in [6.07, 6.45) is 0. The number of hydrogen-bond acceptors (Lipinski definition) is 4. The van der Waals surface area contributed by atoms with Gasteiger partial charge in [-0.2, -0.15) is 0 Å². The average molecular weight is 474 g/mol. The summed E-state index contributed by atoms with van der Waals surface area (Å²) in [7, 11) is 1.71. The number of benzene rings is 3. The third-order valence-corrected chi connectivity index (χ3v) is 6.05. The second kappa shape index (κ2) is 9.53. The van der Waals surface area contributed by atoms with Crippen LogP contribution in [0.15, 0.2) is 89.6 Å². The Balaban J connectivity index is 1.49. The summed E-state index contributed by atoms with van der Waals surface area (Å²) < 4.78 is 0. The molecule has 0 atom stereocenters. The van der Waals surface area contributed by atoms with Crippen LogP contribution in [0.5, 0.6) is 0 Å². The summed E-state index contributed by atoms with van der Waals surface area (Å²) in [4.78, 5) is 41.1. The topological polar surface area (TPSA) is 69.7 Å². The smallest absolute Gasteiger partial charge is 0.283 e. The van der Waals surface area contributed by atoms with Gasteiger partial charge in [0.05, 0.1) is 5.69 Å². The summed E-state index contributed by atoms with van der Waals surface area (Å²) in [5.74, 6) is -0.947. The number of imide groups is 1. The summed E-state index contributed by atoms with van der Waals surface area (Å²) in [5.41, 5.74) is 3.36. The Morgan fingerprint density at radius 3 is 2.09 bits per heavy atom. The van der Waals surface area contributed by atoms with Gasteiger partial charge in [-0.05, 0) is 60.0 Å². The van der Waals surface area contributed by atoms with Crippen LogP contribution in [-0.2, 0) is 9.59 Å². The second-order valence-electron chi connectivity index (χ2n) is 8.28. The van der Waals surface area contributed by atoms with E-state index in [0.29, 0.717) is 22.9 Å². The molecule has 1 aliphatic rings. The molecule has 0 bridgehead atoms. The van der Waals surface area contributed by atoms with Crippen molar-refractivity contribution in [2.45, 2.75) is 19.8 Å². The molecule has 0 fully saturated rings. The molecule has 0 aliphatic carbocycles. The lowest BCUT2D eigenvalue weighted by molar-refractivity contribution is -0.120. The van der Waals surface area contributed by atoms with E-state index in [1.165, 1.54) is 0 Å². The molecule has 172 valence electrons. The first kappa shape index (κ1) is 23.3. The van der Waals surface area contributed by atoms with E-state index in [9.17, 15) is 14.4 Å². The fourth-order valence-corrected chi connectivity index (χ4v) is 3.87. The largest absolute Gasteiger partial charge is 0.350 e. The SMILES string of the molecule is CC(C)c1ccc(N2C(=O)C(Cl)=C(Nc3ccc(C(=O)N(C)c4ccccc4)cc3)C2=O)cc1. The van der Waals surface area contributed by atoms with Gasteiger partial charge in [-0.1, -0.05) is 55.8 Å². The Bertz CT molecular complexity index is 1270. The summed E-state index contributed by atoms with van der Waals surface area (Å²) >= 11 is 6.24. The van der Waals surface area contributed by atoms with Crippen molar-refractivity contribution in [2.24, 2.45) is 0 Å². The molecule has 3 aromatic rings. The van der Waals surface area contributed by atoms with E-state index in [-0.39, 0.29) is 16.6 Å². The van der Waals surface area contributed by atoms with Gasteiger partial charge in [-0.15, -0.1) is 0 Å². The molecule has 0 radical (unpaired) electrons. The Hall–Kier alpha value is -3.90. The Labute approximate surface area is 203 Å². The molecular formula is C27H24ClN3O3. The standard InChI is InChI=1S/C27H24ClN3O3/c1-17(2)18-11-15-22(16-12-18)31-26(33)23(28)24(27(31)34)29-20-13-9-19(10-14-20)25(32)30(3)21-7-5-4-6-8-21/h4-17,29H,1-3H3. The molecule has 0 saturated heterocycles. The number of amides is 3. The van der Waals surface area contributed by atoms with Gasteiger partial charge in [0.1, 0.15) is 10.7 Å². The van der Waals surface area contributed by atoms with E-state index in [0.717, 1.165) is 16.2 Å². The fraction of sp³-hybridized carbons (Fsp3) is 0.148. The quantitative estimate of drug-likeness (QED) is 0.478. The zero-order chi connectivity index (χ0) is 24.4. The molecule has 1 N–H and O–H groups in total. The predicted molar refractivity (Wildman–Crippen MR) is 135 cm³/mol. The molecule has 0 spiro atoms. The molecule has 6 nitrogen and oxygen atoms in total. The van der Waals surface area contributed by atoms with Crippen LogP contribution in [0.4, 0.5) is 17.1 Å². The number of para-hydroxylation sites is 1. The van der Waals surface area contributed by atoms with Crippen molar-refractivity contribution in [3.8, 4) is 0 Å². The van der Waals surface area contributed by atoms with E-state index < -0.39 is 11.8 Å². The summed E-state index contributed by atoms with van der Waals surface area (Å²) in [6, 6.07) is 23.2. The number of anilines is 3. The van der Waals surface area contributed by atoms with E-state index in [1.807, 2.05) is 42.5 Å². The van der Waals surface area contributed by atoms with E-state index >= 15 is 0 Å². The molecule has 3 aromatic carbocycles. The second-order valence-corrected chi connectivity index (χ2v) is 8.66. The highest BCUT2D eigenvalue weighted by Gasteiger charge is 2.39. The Morgan fingerprint density at radius 1 is 0.882 bits per heavy atom. The first-order valence-electron chi connectivity index (χ1n) is 10.9. The van der Waals surface area contributed by atoms with Crippen LogP contribution in [0.2, 0.25) is 0 Å². The van der Waals surface area contributed by atoms with E-state index in [1.54, 1.807) is 48.3 Å². The number of carbonyl (C=O) groups is 3. The molecule has 0 unspecified atom stereocenters. The van der Waals surface area contributed by atoms with E-state index in [2.05, 4.69) is 19.2 Å². The van der Waals surface area contributed by atoms with Crippen molar-refractivity contribution < 1.29 is 14.4 Å². The highest BCUT2D eigenvalue weighted by Crippen LogP contribution is 2.31. The van der Waals surface area contributed by atoms with Crippen molar-refractivity contribution in [1.29, 1.82) is 0 Å². The normalized spacial score (nSPS) is 13.6. The van der Waals surface area contributed by atoms with Gasteiger partial charge in [0.2, 0.25) is 0 Å². The number of nitrogens with one attached hydrogen (secondary N) is 1. The zero-order valence-corrected chi connectivity index (χ0v) is 19.8. The Kier molecular flexibility index (Phi) is 6.52. The lowest BCUT2D eigenvalue weighted by atomic mass is 10.0. The molecule has 34 heavy (non-hydrogen) atoms. The lowest BCUT2D eigenvalue weighted by Crippen LogP contribution is -2.32. The average Bonchev–Trinajstić information content (AvgIpc) is 3.07. The molecular weight excluding hydrogens is 450 g/mol. The number of carbonyl (C=O) groups excluding carboxylic acids is 3. The lowest BCUT2D eigenvalue weighted by Gasteiger charge is -2.18. The molecule has 1 heterocycles. The monoisotopic (exact) mass is 473 g/mol. The first-order chi connectivity index (χ1) is 16.3. The molecule has 1 aliphatic heterocycles. The van der Waals surface area contributed by atoms with Crippen LogP contribution in [0.1, 0.15) is 35.7 Å². The van der Waals surface area contributed by atoms with Crippen LogP contribution in [0, 0.1) is 0 Å². The first-order valence-corrected chi connectivity index (χ1v) is 11.2. The van der Waals surface area contributed by atoms with Gasteiger partial charge in [0.25, 0.3) is 17.7 Å². The van der Waals surface area contributed by atoms with Gasteiger partial charge in [-0.3, -0.25) is 14.4 Å². The fourth-order valence-electron chi connectivity index (χ4n) is 3.66. The van der Waals surface area contributed by atoms with Crippen molar-refractivity contribution >= 4 is 46.4 Å². The number of nitrogens with zero attached hydrogens (tertiary/aromatic N) is 2. The summed E-state index contributed by atoms with van der Waals surface area (Å²) in [6.45, 7) is 4.14. The maximum Gasteiger partial charge on any atom is 0.283 e. The van der Waals surface area contributed by atoms with E-state index in [4.69, 9.17) is 11.6 Å². The number of halogens is 1. The van der Waals surface area contributed by atoms with Crippen molar-refractivity contribution in [1.82, 2.24) is 0 Å². The van der Waals surface area contributed by atoms with Gasteiger partial charge < -0.3 is 10.2 Å². The molecule has 0 saturated carbocycles. The van der Waals surface area contributed by atoms with Crippen LogP contribution >= 0.6 is 11.6 Å². The van der Waals surface area contributed by atoms with Crippen LogP contribution in [0.25, 0.3) is 0 Å². The maximum atomic E-state index is 13.0. The van der Waals surface area contributed by atoms with Gasteiger partial charge in [0, 0.05) is 24.0 Å². The summed E-state index contributed by atoms with van der Waals surface area (Å²) in [5, 5.41) is 2.76. The zero-order valence-electron chi connectivity index (χ0n) is 19.1. The highest BCUT2D eigenvalue weighted by molar-refractivity contribution is 6.53. The molecule has 3 amide bonds. The number of hydrogen-bond donors (Lipinski definition) is 1. The third-order valence-electron chi connectivity index (χ3n) is 5.69. The Morgan fingerprint density at radius 2 is 1.50 bits per heavy atom. The van der Waals surface area contributed by atoms with Gasteiger partial charge in [-0.25, -0.2) is 4.90 Å². The van der Waals surface area contributed by atoms with Crippen LogP contribution < -0.4 is 15.1 Å². The molecule has 0 aromatic heterocycles. The van der Waals surface area contributed by atoms with Crippen LogP contribution in [-0.4, -0.2) is 24.8 Å². The minimum Gasteiger partial charge on any atom is -0.350 e. The maximum absolute atomic E-state index is 13.0. The van der Waals surface area contributed by atoms with Gasteiger partial charge >= 0.3 is 0 Å². The number of rotatable bonds is 6. The highest BCUT2D eigenvalue weighted by atomic mass is 35.5.